The van der Waals surface area contributed by atoms with Gasteiger partial charge in [0, 0.05) is 13.1 Å². The second-order valence-corrected chi connectivity index (χ2v) is 4.75. The fourth-order valence-corrected chi connectivity index (χ4v) is 2.37. The van der Waals surface area contributed by atoms with Gasteiger partial charge < -0.3 is 14.2 Å². The van der Waals surface area contributed by atoms with Gasteiger partial charge in [0.05, 0.1) is 27.4 Å². The lowest BCUT2D eigenvalue weighted by Gasteiger charge is -2.26. The Bertz CT molecular complexity index is 389. The van der Waals surface area contributed by atoms with E-state index in [1.807, 2.05) is 6.07 Å². The van der Waals surface area contributed by atoms with E-state index < -0.39 is 0 Å². The molecule has 4 heteroatoms. The minimum Gasteiger partial charge on any atom is -0.493 e. The second-order valence-electron chi connectivity index (χ2n) is 4.75. The Balaban J connectivity index is 1.81. The molecule has 1 aromatic rings. The molecule has 0 aromatic heterocycles. The van der Waals surface area contributed by atoms with Crippen molar-refractivity contribution in [3.05, 3.63) is 23.8 Å². The Morgan fingerprint density at radius 1 is 1.11 bits per heavy atom. The summed E-state index contributed by atoms with van der Waals surface area (Å²) < 4.78 is 15.9. The first-order valence-corrected chi connectivity index (χ1v) is 6.84. The summed E-state index contributed by atoms with van der Waals surface area (Å²) in [6.07, 6.45) is 2.23. The summed E-state index contributed by atoms with van der Waals surface area (Å²) in [5, 5.41) is 0. The molecule has 2 rings (SSSR count). The van der Waals surface area contributed by atoms with Crippen LogP contribution in [0.25, 0.3) is 0 Å². The van der Waals surface area contributed by atoms with Gasteiger partial charge in [-0.25, -0.2) is 0 Å². The fourth-order valence-electron chi connectivity index (χ4n) is 2.37. The maximum absolute atomic E-state index is 5.35. The maximum atomic E-state index is 5.35. The molecule has 0 N–H and O–H groups in total. The molecule has 0 atom stereocenters. The minimum atomic E-state index is 0.791. The molecule has 1 heterocycles. The number of ether oxygens (including phenoxy) is 3. The standard InChI is InChI=1S/C15H23NO3/c1-17-14-6-5-13(12-15(14)18-2)4-3-7-16-8-10-19-11-9-16/h5-6,12H,3-4,7-11H2,1-2H3. The molecular weight excluding hydrogens is 242 g/mol. The number of benzene rings is 1. The Kier molecular flexibility index (Phi) is 5.48. The van der Waals surface area contributed by atoms with E-state index in [-0.39, 0.29) is 0 Å². The molecule has 0 radical (unpaired) electrons. The van der Waals surface area contributed by atoms with Gasteiger partial charge in [-0.15, -0.1) is 0 Å². The molecule has 1 aliphatic heterocycles. The van der Waals surface area contributed by atoms with Crippen LogP contribution >= 0.6 is 0 Å². The van der Waals surface area contributed by atoms with Crippen LogP contribution in [0.3, 0.4) is 0 Å². The van der Waals surface area contributed by atoms with E-state index in [1.54, 1.807) is 14.2 Å². The van der Waals surface area contributed by atoms with Crippen LogP contribution in [0, 0.1) is 0 Å². The van der Waals surface area contributed by atoms with Crippen molar-refractivity contribution in [3.63, 3.8) is 0 Å². The number of hydrogen-bond donors (Lipinski definition) is 0. The topological polar surface area (TPSA) is 30.9 Å². The summed E-state index contributed by atoms with van der Waals surface area (Å²) in [5.41, 5.74) is 1.30. The summed E-state index contributed by atoms with van der Waals surface area (Å²) >= 11 is 0. The summed E-state index contributed by atoms with van der Waals surface area (Å²) in [6.45, 7) is 5.00. The molecule has 4 nitrogen and oxygen atoms in total. The first-order valence-electron chi connectivity index (χ1n) is 6.84. The SMILES string of the molecule is COc1ccc(CCCN2CCOCC2)cc1OC. The van der Waals surface area contributed by atoms with Crippen LogP contribution < -0.4 is 9.47 Å². The highest BCUT2D eigenvalue weighted by Gasteiger charge is 2.10. The van der Waals surface area contributed by atoms with Crippen molar-refractivity contribution in [1.82, 2.24) is 4.90 Å². The Hall–Kier alpha value is -1.26. The maximum Gasteiger partial charge on any atom is 0.160 e. The Morgan fingerprint density at radius 3 is 2.53 bits per heavy atom. The third kappa shape index (κ3) is 4.11. The summed E-state index contributed by atoms with van der Waals surface area (Å²) in [5.74, 6) is 1.60. The molecular formula is C15H23NO3. The van der Waals surface area contributed by atoms with Crippen molar-refractivity contribution in [3.8, 4) is 11.5 Å². The van der Waals surface area contributed by atoms with Gasteiger partial charge in [-0.3, -0.25) is 4.90 Å². The van der Waals surface area contributed by atoms with Crippen LogP contribution in [-0.4, -0.2) is 52.0 Å². The fraction of sp³-hybridized carbons (Fsp3) is 0.600. The monoisotopic (exact) mass is 265 g/mol. The minimum absolute atomic E-state index is 0.791. The van der Waals surface area contributed by atoms with E-state index in [1.165, 1.54) is 5.56 Å². The summed E-state index contributed by atoms with van der Waals surface area (Å²) in [4.78, 5) is 2.46. The predicted molar refractivity (Wildman–Crippen MR) is 75.1 cm³/mol. The van der Waals surface area contributed by atoms with Gasteiger partial charge in [-0.1, -0.05) is 6.07 Å². The van der Waals surface area contributed by atoms with Gasteiger partial charge in [0.1, 0.15) is 0 Å². The third-order valence-electron chi connectivity index (χ3n) is 3.49. The van der Waals surface area contributed by atoms with Crippen LogP contribution in [0.1, 0.15) is 12.0 Å². The number of morpholine rings is 1. The van der Waals surface area contributed by atoms with Crippen molar-refractivity contribution < 1.29 is 14.2 Å². The molecule has 106 valence electrons. The van der Waals surface area contributed by atoms with Crippen molar-refractivity contribution >= 4 is 0 Å². The zero-order chi connectivity index (χ0) is 13.5. The van der Waals surface area contributed by atoms with Gasteiger partial charge >= 0.3 is 0 Å². The lowest BCUT2D eigenvalue weighted by atomic mass is 10.1. The molecule has 0 amide bonds. The molecule has 0 saturated carbocycles. The van der Waals surface area contributed by atoms with Crippen LogP contribution in [0.5, 0.6) is 11.5 Å². The average Bonchev–Trinajstić information content (AvgIpc) is 2.48. The normalized spacial score (nSPS) is 16.3. The zero-order valence-electron chi connectivity index (χ0n) is 11.9. The van der Waals surface area contributed by atoms with E-state index in [2.05, 4.69) is 17.0 Å². The van der Waals surface area contributed by atoms with Crippen molar-refractivity contribution in [2.75, 3.05) is 47.1 Å². The van der Waals surface area contributed by atoms with Crippen molar-refractivity contribution in [2.45, 2.75) is 12.8 Å². The largest absolute Gasteiger partial charge is 0.493 e. The van der Waals surface area contributed by atoms with Gasteiger partial charge in [0.25, 0.3) is 0 Å². The Labute approximate surface area is 115 Å². The summed E-state index contributed by atoms with van der Waals surface area (Å²) in [7, 11) is 3.34. The van der Waals surface area contributed by atoms with E-state index >= 15 is 0 Å². The first-order chi connectivity index (χ1) is 9.33. The number of nitrogens with zero attached hydrogens (tertiary/aromatic N) is 1. The van der Waals surface area contributed by atoms with Gasteiger partial charge in [-0.05, 0) is 37.1 Å². The third-order valence-corrected chi connectivity index (χ3v) is 3.49. The molecule has 0 unspecified atom stereocenters. The number of hydrogen-bond acceptors (Lipinski definition) is 4. The highest BCUT2D eigenvalue weighted by Crippen LogP contribution is 2.27. The molecule has 0 bridgehead atoms. The van der Waals surface area contributed by atoms with Crippen LogP contribution in [0.4, 0.5) is 0 Å². The first kappa shape index (κ1) is 14.2. The molecule has 19 heavy (non-hydrogen) atoms. The average molecular weight is 265 g/mol. The lowest BCUT2D eigenvalue weighted by molar-refractivity contribution is 0.0374. The van der Waals surface area contributed by atoms with Crippen molar-refractivity contribution in [2.24, 2.45) is 0 Å². The predicted octanol–water partition coefficient (Wildman–Crippen LogP) is 1.97. The highest BCUT2D eigenvalue weighted by molar-refractivity contribution is 5.42. The lowest BCUT2D eigenvalue weighted by Crippen LogP contribution is -2.36. The number of methoxy groups -OCH3 is 2. The van der Waals surface area contributed by atoms with E-state index in [0.29, 0.717) is 0 Å². The smallest absolute Gasteiger partial charge is 0.160 e. The van der Waals surface area contributed by atoms with Gasteiger partial charge in [0.15, 0.2) is 11.5 Å². The number of rotatable bonds is 6. The second kappa shape index (κ2) is 7.36. The number of aryl methyl sites for hydroxylation is 1. The van der Waals surface area contributed by atoms with E-state index in [0.717, 1.165) is 57.2 Å². The van der Waals surface area contributed by atoms with Crippen LogP contribution in [-0.2, 0) is 11.2 Å². The van der Waals surface area contributed by atoms with E-state index in [9.17, 15) is 0 Å². The summed E-state index contributed by atoms with van der Waals surface area (Å²) in [6, 6.07) is 6.15. The van der Waals surface area contributed by atoms with Crippen LogP contribution in [0.2, 0.25) is 0 Å². The van der Waals surface area contributed by atoms with Gasteiger partial charge in [0.2, 0.25) is 0 Å². The molecule has 1 aliphatic rings. The van der Waals surface area contributed by atoms with Crippen molar-refractivity contribution in [1.29, 1.82) is 0 Å². The molecule has 1 fully saturated rings. The van der Waals surface area contributed by atoms with E-state index in [4.69, 9.17) is 14.2 Å². The highest BCUT2D eigenvalue weighted by atomic mass is 16.5. The zero-order valence-corrected chi connectivity index (χ0v) is 11.9. The molecule has 0 spiro atoms. The molecule has 1 saturated heterocycles. The molecule has 1 aromatic carbocycles. The molecule has 0 aliphatic carbocycles. The quantitative estimate of drug-likeness (QED) is 0.787. The van der Waals surface area contributed by atoms with Gasteiger partial charge in [-0.2, -0.15) is 0 Å². The van der Waals surface area contributed by atoms with Crippen LogP contribution in [0.15, 0.2) is 18.2 Å². The Morgan fingerprint density at radius 2 is 1.84 bits per heavy atom.